The topological polar surface area (TPSA) is 94.8 Å². The number of Topliss-reactive ketones (excluding diaryl/α,β-unsaturated/α-hetero) is 1. The second kappa shape index (κ2) is 16.3. The molecular formula is C26H44O5. The number of hydrogen-bond donors (Lipinski definition) is 3. The standard InChI is InChI=1S/C26H44O5/c1-2-3-4-5-6-7-8-9-10-11-12-13-23(28)20-25(30)21-24(29)16-19-26(31)17-14-22(27)15-18-26/h14-15,17-18,23,25,28,30-31H,2-13,16,19-21H2,1H3/t23-,25+/m1/s1. The molecule has 0 aromatic rings. The number of hydrogen-bond acceptors (Lipinski definition) is 5. The van der Waals surface area contributed by atoms with Gasteiger partial charge in [-0.3, -0.25) is 9.59 Å². The molecule has 0 amide bonds. The molecule has 0 saturated carbocycles. The molecule has 1 aliphatic rings. The van der Waals surface area contributed by atoms with Crippen molar-refractivity contribution in [3.63, 3.8) is 0 Å². The highest BCUT2D eigenvalue weighted by molar-refractivity contribution is 6.00. The summed E-state index contributed by atoms with van der Waals surface area (Å²) in [7, 11) is 0. The molecule has 0 radical (unpaired) electrons. The maximum atomic E-state index is 12.1. The zero-order valence-electron chi connectivity index (χ0n) is 19.4. The number of carbonyl (C=O) groups is 2. The lowest BCUT2D eigenvalue weighted by atomic mass is 9.90. The first kappa shape index (κ1) is 27.7. The lowest BCUT2D eigenvalue weighted by Gasteiger charge is -2.22. The SMILES string of the molecule is CCCCCCCCCCCCC[C@@H](O)C[C@H](O)CC(=O)CCC1(O)C=CC(=O)C=C1. The van der Waals surface area contributed by atoms with Crippen molar-refractivity contribution >= 4 is 11.6 Å². The molecule has 5 heteroatoms. The molecule has 31 heavy (non-hydrogen) atoms. The fourth-order valence-corrected chi connectivity index (χ4v) is 3.99. The van der Waals surface area contributed by atoms with Gasteiger partial charge in [-0.25, -0.2) is 0 Å². The van der Waals surface area contributed by atoms with Crippen LogP contribution in [0.5, 0.6) is 0 Å². The van der Waals surface area contributed by atoms with Gasteiger partial charge in [0.25, 0.3) is 0 Å². The Hall–Kier alpha value is -1.30. The van der Waals surface area contributed by atoms with Gasteiger partial charge in [-0.15, -0.1) is 0 Å². The molecule has 0 aromatic carbocycles. The van der Waals surface area contributed by atoms with E-state index in [2.05, 4.69) is 6.92 Å². The Labute approximate surface area is 188 Å². The van der Waals surface area contributed by atoms with Crippen molar-refractivity contribution < 1.29 is 24.9 Å². The van der Waals surface area contributed by atoms with Gasteiger partial charge in [0.2, 0.25) is 0 Å². The molecule has 1 rings (SSSR count). The Balaban J connectivity index is 2.02. The summed E-state index contributed by atoms with van der Waals surface area (Å²) in [5, 5.41) is 30.5. The molecule has 0 unspecified atom stereocenters. The van der Waals surface area contributed by atoms with Crippen LogP contribution in [0.15, 0.2) is 24.3 Å². The number of ketones is 2. The zero-order valence-corrected chi connectivity index (χ0v) is 19.4. The maximum absolute atomic E-state index is 12.1. The van der Waals surface area contributed by atoms with E-state index in [0.717, 1.165) is 12.8 Å². The molecule has 0 spiro atoms. The van der Waals surface area contributed by atoms with E-state index in [1.165, 1.54) is 82.1 Å². The predicted octanol–water partition coefficient (Wildman–Crippen LogP) is 4.97. The zero-order chi connectivity index (χ0) is 23.0. The molecular weight excluding hydrogens is 392 g/mol. The largest absolute Gasteiger partial charge is 0.393 e. The first-order chi connectivity index (χ1) is 14.8. The van der Waals surface area contributed by atoms with Crippen LogP contribution in [0.1, 0.15) is 110 Å². The third-order valence-corrected chi connectivity index (χ3v) is 6.03. The molecule has 3 N–H and O–H groups in total. The van der Waals surface area contributed by atoms with Crippen LogP contribution >= 0.6 is 0 Å². The van der Waals surface area contributed by atoms with Crippen LogP contribution in [0, 0.1) is 0 Å². The summed E-state index contributed by atoms with van der Waals surface area (Å²) in [5.74, 6) is -0.334. The van der Waals surface area contributed by atoms with Gasteiger partial charge < -0.3 is 15.3 Å². The third-order valence-electron chi connectivity index (χ3n) is 6.03. The van der Waals surface area contributed by atoms with Crippen molar-refractivity contribution in [3.8, 4) is 0 Å². The average molecular weight is 437 g/mol. The van der Waals surface area contributed by atoms with Crippen LogP contribution in [-0.4, -0.2) is 44.7 Å². The van der Waals surface area contributed by atoms with Crippen LogP contribution in [0.3, 0.4) is 0 Å². The summed E-state index contributed by atoms with van der Waals surface area (Å²) in [6, 6.07) is 0. The monoisotopic (exact) mass is 436 g/mol. The van der Waals surface area contributed by atoms with Crippen LogP contribution in [0.4, 0.5) is 0 Å². The summed E-state index contributed by atoms with van der Waals surface area (Å²) in [6.07, 6.45) is 19.0. The summed E-state index contributed by atoms with van der Waals surface area (Å²) in [6.45, 7) is 2.24. The highest BCUT2D eigenvalue weighted by Crippen LogP contribution is 2.21. The minimum Gasteiger partial charge on any atom is -0.393 e. The molecule has 0 fully saturated rings. The van der Waals surface area contributed by atoms with E-state index in [1.807, 2.05) is 0 Å². The molecule has 1 aliphatic carbocycles. The van der Waals surface area contributed by atoms with E-state index in [1.54, 1.807) is 0 Å². The van der Waals surface area contributed by atoms with E-state index in [-0.39, 0.29) is 37.2 Å². The van der Waals surface area contributed by atoms with Crippen LogP contribution in [-0.2, 0) is 9.59 Å². The van der Waals surface area contributed by atoms with Gasteiger partial charge >= 0.3 is 0 Å². The second-order valence-corrected chi connectivity index (χ2v) is 9.17. The molecule has 0 heterocycles. The average Bonchev–Trinajstić information content (AvgIpc) is 2.73. The first-order valence-electron chi connectivity index (χ1n) is 12.4. The van der Waals surface area contributed by atoms with E-state index >= 15 is 0 Å². The summed E-state index contributed by atoms with van der Waals surface area (Å²) < 4.78 is 0. The molecule has 178 valence electrons. The highest BCUT2D eigenvalue weighted by atomic mass is 16.3. The minimum atomic E-state index is -1.27. The summed E-state index contributed by atoms with van der Waals surface area (Å²) in [4.78, 5) is 23.2. The lowest BCUT2D eigenvalue weighted by molar-refractivity contribution is -0.122. The Morgan fingerprint density at radius 1 is 0.871 bits per heavy atom. The third kappa shape index (κ3) is 14.4. The summed E-state index contributed by atoms with van der Waals surface area (Å²) in [5.41, 5.74) is -1.27. The van der Waals surface area contributed by atoms with Gasteiger partial charge in [-0.05, 0) is 43.6 Å². The van der Waals surface area contributed by atoms with Gasteiger partial charge in [0.15, 0.2) is 5.78 Å². The van der Waals surface area contributed by atoms with E-state index in [0.29, 0.717) is 6.42 Å². The number of carbonyl (C=O) groups excluding carboxylic acids is 2. The van der Waals surface area contributed by atoms with E-state index in [4.69, 9.17) is 0 Å². The van der Waals surface area contributed by atoms with Crippen molar-refractivity contribution in [3.05, 3.63) is 24.3 Å². The highest BCUT2D eigenvalue weighted by Gasteiger charge is 2.25. The van der Waals surface area contributed by atoms with Gasteiger partial charge in [0, 0.05) is 12.8 Å². The molecule has 0 aromatic heterocycles. The molecule has 0 saturated heterocycles. The van der Waals surface area contributed by atoms with Crippen LogP contribution in [0.2, 0.25) is 0 Å². The van der Waals surface area contributed by atoms with Crippen molar-refractivity contribution in [2.24, 2.45) is 0 Å². The van der Waals surface area contributed by atoms with Gasteiger partial charge in [0.05, 0.1) is 12.2 Å². The summed E-state index contributed by atoms with van der Waals surface area (Å²) >= 11 is 0. The lowest BCUT2D eigenvalue weighted by Crippen LogP contribution is -2.27. The second-order valence-electron chi connectivity index (χ2n) is 9.17. The first-order valence-corrected chi connectivity index (χ1v) is 12.4. The fraction of sp³-hybridized carbons (Fsp3) is 0.769. The van der Waals surface area contributed by atoms with Gasteiger partial charge in [-0.2, -0.15) is 0 Å². The van der Waals surface area contributed by atoms with Crippen molar-refractivity contribution in [2.45, 2.75) is 127 Å². The van der Waals surface area contributed by atoms with Crippen LogP contribution in [0.25, 0.3) is 0 Å². The Kier molecular flexibility index (Phi) is 14.6. The van der Waals surface area contributed by atoms with Crippen LogP contribution < -0.4 is 0 Å². The normalized spacial score (nSPS) is 17.1. The quantitative estimate of drug-likeness (QED) is 0.249. The Morgan fingerprint density at radius 3 is 1.94 bits per heavy atom. The number of rotatable bonds is 19. The number of aliphatic hydroxyl groups is 3. The molecule has 2 atom stereocenters. The predicted molar refractivity (Wildman–Crippen MR) is 125 cm³/mol. The molecule has 0 bridgehead atoms. The Bertz CT molecular complexity index is 550. The van der Waals surface area contributed by atoms with E-state index in [9.17, 15) is 24.9 Å². The number of unbranched alkanes of at least 4 members (excludes halogenated alkanes) is 10. The Morgan fingerprint density at radius 2 is 1.39 bits per heavy atom. The van der Waals surface area contributed by atoms with Crippen molar-refractivity contribution in [1.29, 1.82) is 0 Å². The van der Waals surface area contributed by atoms with Gasteiger partial charge in [-0.1, -0.05) is 77.6 Å². The number of aliphatic hydroxyl groups excluding tert-OH is 2. The molecule has 5 nitrogen and oxygen atoms in total. The van der Waals surface area contributed by atoms with Gasteiger partial charge in [0.1, 0.15) is 11.4 Å². The van der Waals surface area contributed by atoms with Crippen molar-refractivity contribution in [1.82, 2.24) is 0 Å². The smallest absolute Gasteiger partial charge is 0.178 e. The maximum Gasteiger partial charge on any atom is 0.178 e. The van der Waals surface area contributed by atoms with E-state index < -0.39 is 17.8 Å². The minimum absolute atomic E-state index is 0.0161. The fourth-order valence-electron chi connectivity index (χ4n) is 3.99. The molecule has 0 aliphatic heterocycles. The number of allylic oxidation sites excluding steroid dienone is 2. The van der Waals surface area contributed by atoms with Crippen molar-refractivity contribution in [2.75, 3.05) is 0 Å².